The first-order valence-electron chi connectivity index (χ1n) is 6.71. The second-order valence-corrected chi connectivity index (χ2v) is 5.42. The van der Waals surface area contributed by atoms with Gasteiger partial charge < -0.3 is 10.1 Å². The molecule has 21 heavy (non-hydrogen) atoms. The third kappa shape index (κ3) is 5.47. The number of ether oxygens (including phenoxy) is 1. The topological polar surface area (TPSA) is 51.2 Å². The van der Waals surface area contributed by atoms with Gasteiger partial charge in [0.15, 0.2) is 0 Å². The molecule has 0 aliphatic carbocycles. The highest BCUT2D eigenvalue weighted by Gasteiger charge is 2.03. The molecule has 5 heteroatoms. The summed E-state index contributed by atoms with van der Waals surface area (Å²) in [6, 6.07) is 13.2. The second kappa shape index (κ2) is 8.32. The van der Waals surface area contributed by atoms with Crippen LogP contribution in [0.25, 0.3) is 0 Å². The molecular weight excluding hydrogens is 284 g/mol. The largest absolute Gasteiger partial charge is 0.439 e. The van der Waals surface area contributed by atoms with E-state index in [0.717, 1.165) is 17.1 Å². The molecule has 1 aromatic heterocycles. The Balaban J connectivity index is 1.90. The maximum atomic E-state index is 11.6. The molecule has 0 unspecified atom stereocenters. The third-order valence-corrected chi connectivity index (χ3v) is 3.40. The molecule has 0 fully saturated rings. The molecule has 1 aromatic carbocycles. The number of para-hydroxylation sites is 1. The lowest BCUT2D eigenvalue weighted by atomic mass is 10.2. The maximum Gasteiger partial charge on any atom is 0.221 e. The summed E-state index contributed by atoms with van der Waals surface area (Å²) < 4.78 is 5.66. The van der Waals surface area contributed by atoms with Crippen LogP contribution in [0.2, 0.25) is 0 Å². The number of benzene rings is 1. The van der Waals surface area contributed by atoms with Crippen molar-refractivity contribution in [1.29, 1.82) is 0 Å². The number of aromatic nitrogens is 1. The SMILES string of the molecule is CSCCC(=O)NCc1ccnc(Oc2ccccc2)c1. The highest BCUT2D eigenvalue weighted by molar-refractivity contribution is 7.98. The number of nitrogens with one attached hydrogen (secondary N) is 1. The van der Waals surface area contributed by atoms with Crippen LogP contribution < -0.4 is 10.1 Å². The van der Waals surface area contributed by atoms with Crippen molar-refractivity contribution in [2.75, 3.05) is 12.0 Å². The Kier molecular flexibility index (Phi) is 6.09. The molecule has 110 valence electrons. The summed E-state index contributed by atoms with van der Waals surface area (Å²) in [6.45, 7) is 0.487. The summed E-state index contributed by atoms with van der Waals surface area (Å²) in [7, 11) is 0. The predicted octanol–water partition coefficient (Wildman–Crippen LogP) is 3.24. The molecule has 0 radical (unpaired) electrons. The zero-order valence-corrected chi connectivity index (χ0v) is 12.7. The monoisotopic (exact) mass is 302 g/mol. The molecular formula is C16H18N2O2S. The van der Waals surface area contributed by atoms with E-state index in [2.05, 4.69) is 10.3 Å². The summed E-state index contributed by atoms with van der Waals surface area (Å²) in [5.41, 5.74) is 0.966. The summed E-state index contributed by atoms with van der Waals surface area (Å²) in [4.78, 5) is 15.8. The van der Waals surface area contributed by atoms with Gasteiger partial charge in [-0.15, -0.1) is 0 Å². The minimum atomic E-state index is 0.0617. The number of thioether (sulfide) groups is 1. The first-order valence-corrected chi connectivity index (χ1v) is 8.11. The number of hydrogen-bond donors (Lipinski definition) is 1. The van der Waals surface area contributed by atoms with Gasteiger partial charge in [0.2, 0.25) is 11.8 Å². The molecule has 0 bridgehead atoms. The minimum absolute atomic E-state index is 0.0617. The normalized spacial score (nSPS) is 10.1. The van der Waals surface area contributed by atoms with Crippen molar-refractivity contribution in [3.8, 4) is 11.6 Å². The van der Waals surface area contributed by atoms with Gasteiger partial charge in [0.05, 0.1) is 0 Å². The Bertz CT molecular complexity index is 575. The average Bonchev–Trinajstić information content (AvgIpc) is 2.52. The number of carbonyl (C=O) groups is 1. The fourth-order valence-electron chi connectivity index (χ4n) is 1.71. The first-order chi connectivity index (χ1) is 10.3. The van der Waals surface area contributed by atoms with Crippen molar-refractivity contribution in [1.82, 2.24) is 10.3 Å². The summed E-state index contributed by atoms with van der Waals surface area (Å²) >= 11 is 1.66. The van der Waals surface area contributed by atoms with E-state index in [1.54, 1.807) is 18.0 Å². The Morgan fingerprint density at radius 1 is 1.29 bits per heavy atom. The van der Waals surface area contributed by atoms with Gasteiger partial charge in [-0.25, -0.2) is 4.98 Å². The molecule has 0 aliphatic rings. The van der Waals surface area contributed by atoms with Crippen LogP contribution in [-0.2, 0) is 11.3 Å². The lowest BCUT2D eigenvalue weighted by Gasteiger charge is -2.07. The van der Waals surface area contributed by atoms with Crippen molar-refractivity contribution in [3.63, 3.8) is 0 Å². The molecule has 2 aromatic rings. The van der Waals surface area contributed by atoms with E-state index in [1.807, 2.05) is 48.7 Å². The van der Waals surface area contributed by atoms with Crippen LogP contribution in [0.15, 0.2) is 48.7 Å². The minimum Gasteiger partial charge on any atom is -0.439 e. The van der Waals surface area contributed by atoms with Crippen LogP contribution in [0.5, 0.6) is 11.6 Å². The van der Waals surface area contributed by atoms with Crippen molar-refractivity contribution >= 4 is 17.7 Å². The second-order valence-electron chi connectivity index (χ2n) is 4.44. The van der Waals surface area contributed by atoms with Gasteiger partial charge in [0.25, 0.3) is 0 Å². The number of pyridine rings is 1. The predicted molar refractivity (Wildman–Crippen MR) is 85.6 cm³/mol. The molecule has 4 nitrogen and oxygen atoms in total. The molecule has 0 atom stereocenters. The Morgan fingerprint density at radius 2 is 2.10 bits per heavy atom. The third-order valence-electron chi connectivity index (χ3n) is 2.79. The van der Waals surface area contributed by atoms with E-state index in [1.165, 1.54) is 0 Å². The van der Waals surface area contributed by atoms with Crippen molar-refractivity contribution < 1.29 is 9.53 Å². The number of carbonyl (C=O) groups excluding carboxylic acids is 1. The van der Waals surface area contributed by atoms with Crippen molar-refractivity contribution in [2.45, 2.75) is 13.0 Å². The van der Waals surface area contributed by atoms with E-state index in [9.17, 15) is 4.79 Å². The van der Waals surface area contributed by atoms with Crippen LogP contribution in [-0.4, -0.2) is 22.9 Å². The summed E-state index contributed by atoms with van der Waals surface area (Å²) in [5, 5.41) is 2.89. The number of rotatable bonds is 7. The van der Waals surface area contributed by atoms with Gasteiger partial charge >= 0.3 is 0 Å². The lowest BCUT2D eigenvalue weighted by Crippen LogP contribution is -2.22. The van der Waals surface area contributed by atoms with Gasteiger partial charge in [0, 0.05) is 31.0 Å². The molecule has 1 N–H and O–H groups in total. The van der Waals surface area contributed by atoms with E-state index < -0.39 is 0 Å². The molecule has 0 saturated carbocycles. The number of amides is 1. The van der Waals surface area contributed by atoms with Crippen LogP contribution >= 0.6 is 11.8 Å². The smallest absolute Gasteiger partial charge is 0.221 e. The number of hydrogen-bond acceptors (Lipinski definition) is 4. The lowest BCUT2D eigenvalue weighted by molar-refractivity contribution is -0.120. The molecule has 1 heterocycles. The average molecular weight is 302 g/mol. The molecule has 0 spiro atoms. The zero-order chi connectivity index (χ0) is 14.9. The Morgan fingerprint density at radius 3 is 2.86 bits per heavy atom. The maximum absolute atomic E-state index is 11.6. The number of nitrogens with zero attached hydrogens (tertiary/aromatic N) is 1. The van der Waals surface area contributed by atoms with Crippen LogP contribution in [0.3, 0.4) is 0 Å². The van der Waals surface area contributed by atoms with E-state index in [-0.39, 0.29) is 5.91 Å². The highest BCUT2D eigenvalue weighted by Crippen LogP contribution is 2.19. The van der Waals surface area contributed by atoms with Crippen LogP contribution in [0.4, 0.5) is 0 Å². The quantitative estimate of drug-likeness (QED) is 0.853. The van der Waals surface area contributed by atoms with Gasteiger partial charge in [0.1, 0.15) is 5.75 Å². The van der Waals surface area contributed by atoms with E-state index >= 15 is 0 Å². The van der Waals surface area contributed by atoms with Gasteiger partial charge in [-0.1, -0.05) is 18.2 Å². The fourth-order valence-corrected chi connectivity index (χ4v) is 2.10. The molecule has 0 saturated heterocycles. The fraction of sp³-hybridized carbons (Fsp3) is 0.250. The van der Waals surface area contributed by atoms with E-state index in [0.29, 0.717) is 18.8 Å². The first kappa shape index (κ1) is 15.4. The van der Waals surface area contributed by atoms with Crippen LogP contribution in [0, 0.1) is 0 Å². The van der Waals surface area contributed by atoms with Gasteiger partial charge in [-0.05, 0) is 30.0 Å². The van der Waals surface area contributed by atoms with Gasteiger partial charge in [-0.2, -0.15) is 11.8 Å². The molecule has 0 aliphatic heterocycles. The Labute approximate surface area is 128 Å². The zero-order valence-electron chi connectivity index (χ0n) is 11.9. The molecule has 1 amide bonds. The van der Waals surface area contributed by atoms with Crippen molar-refractivity contribution in [2.24, 2.45) is 0 Å². The van der Waals surface area contributed by atoms with E-state index in [4.69, 9.17) is 4.74 Å². The molecule has 2 rings (SSSR count). The Hall–Kier alpha value is -2.01. The highest BCUT2D eigenvalue weighted by atomic mass is 32.2. The van der Waals surface area contributed by atoms with Crippen LogP contribution in [0.1, 0.15) is 12.0 Å². The summed E-state index contributed by atoms with van der Waals surface area (Å²) in [5.74, 6) is 2.17. The standard InChI is InChI=1S/C16H18N2O2S/c1-21-10-8-15(19)18-12-13-7-9-17-16(11-13)20-14-5-3-2-4-6-14/h2-7,9,11H,8,10,12H2,1H3,(H,18,19). The summed E-state index contributed by atoms with van der Waals surface area (Å²) in [6.07, 6.45) is 4.21. The van der Waals surface area contributed by atoms with Crippen molar-refractivity contribution in [3.05, 3.63) is 54.2 Å². The van der Waals surface area contributed by atoms with Gasteiger partial charge in [-0.3, -0.25) is 4.79 Å².